The molecule has 0 aliphatic heterocycles. The van der Waals surface area contributed by atoms with Crippen molar-refractivity contribution in [3.63, 3.8) is 0 Å². The molecule has 0 N–H and O–H groups in total. The third-order valence-corrected chi connectivity index (χ3v) is 0. The van der Waals surface area contributed by atoms with Crippen LogP contribution in [0.25, 0.3) is 0 Å². The van der Waals surface area contributed by atoms with E-state index in [1.165, 1.54) is 6.38 Å². The Morgan fingerprint density at radius 2 is 1.40 bits per heavy atom. The van der Waals surface area contributed by atoms with Crippen molar-refractivity contribution >= 4 is 31.5 Å². The maximum atomic E-state index is 5.03. The van der Waals surface area contributed by atoms with E-state index in [9.17, 15) is 0 Å². The number of halogens is 2. The van der Waals surface area contributed by atoms with Gasteiger partial charge < -0.3 is 0 Å². The lowest BCUT2D eigenvalue weighted by atomic mass is 11.9. The van der Waals surface area contributed by atoms with Gasteiger partial charge in [0.25, 0.3) is 0 Å². The topological polar surface area (TPSA) is 0 Å². The third kappa shape index (κ3) is 59.1. The molecule has 0 saturated carbocycles. The number of hydrogen-bond acceptors (Lipinski definition) is 0. The van der Waals surface area contributed by atoms with Gasteiger partial charge in [-0.25, -0.2) is 0 Å². The van der Waals surface area contributed by atoms with E-state index in [4.69, 9.17) is 11.1 Å². The maximum absolute atomic E-state index is 5.03. The predicted octanol–water partition coefficient (Wildman–Crippen LogP) is 1.75. The highest BCUT2D eigenvalue weighted by Gasteiger charge is 1.45. The summed E-state index contributed by atoms with van der Waals surface area (Å²) in [5.41, 5.74) is 0. The third-order valence-electron chi connectivity index (χ3n) is 0. The second kappa shape index (κ2) is 21.4. The first-order valence-electron chi connectivity index (χ1n) is 1.07. The van der Waals surface area contributed by atoms with Crippen molar-refractivity contribution < 1.29 is 0 Å². The van der Waals surface area contributed by atoms with Crippen LogP contribution in [0.5, 0.6) is 0 Å². The molecule has 0 nitrogen and oxygen atoms in total. The molecule has 0 rings (SSSR count). The number of rotatable bonds is 0. The van der Waals surface area contributed by atoms with E-state index in [1.54, 1.807) is 0 Å². The first-order chi connectivity index (χ1) is 2.41. The van der Waals surface area contributed by atoms with Gasteiger partial charge >= 0.3 is 0 Å². The van der Waals surface area contributed by atoms with Gasteiger partial charge in [0.05, 0.1) is 0 Å². The number of alkyl halides is 1. The zero-order valence-corrected chi connectivity index (χ0v) is 5.77. The highest BCUT2D eigenvalue weighted by Crippen LogP contribution is 1.54. The zero-order valence-electron chi connectivity index (χ0n) is 3.26. The Kier molecular flexibility index (Phi) is 39.6. The minimum atomic E-state index is 0.556. The van der Waals surface area contributed by atoms with Crippen molar-refractivity contribution in [2.75, 3.05) is 6.38 Å². The molecule has 0 fully saturated rings. The lowest BCUT2D eigenvalue weighted by Crippen LogP contribution is -1.45. The molecule has 0 heterocycles. The predicted molar refractivity (Wildman–Crippen MR) is 29.2 cm³/mol. The Balaban J connectivity index is 0. The van der Waals surface area contributed by atoms with Gasteiger partial charge in [0.15, 0.2) is 8.83 Å². The van der Waals surface area contributed by atoms with E-state index in [-0.39, 0.29) is 0 Å². The first-order valence-corrected chi connectivity index (χ1v) is 4.33. The SMILES string of the molecule is CCl.C[Si]Cl. The van der Waals surface area contributed by atoms with Crippen molar-refractivity contribution in [1.82, 2.24) is 0 Å². The molecular weight excluding hydrogens is 123 g/mol. The maximum Gasteiger partial charge on any atom is 0.168 e. The van der Waals surface area contributed by atoms with Crippen LogP contribution < -0.4 is 0 Å². The monoisotopic (exact) mass is 128 g/mol. The van der Waals surface area contributed by atoms with E-state index in [2.05, 4.69) is 11.6 Å². The summed E-state index contributed by atoms with van der Waals surface area (Å²) in [6, 6.07) is 0. The van der Waals surface area contributed by atoms with Crippen LogP contribution in [0.2, 0.25) is 6.55 Å². The van der Waals surface area contributed by atoms with Gasteiger partial charge in [-0.15, -0.1) is 11.6 Å². The molecule has 0 aromatic rings. The molecule has 2 radical (unpaired) electrons. The summed E-state index contributed by atoms with van der Waals surface area (Å²) in [6.07, 6.45) is 1.47. The van der Waals surface area contributed by atoms with Crippen molar-refractivity contribution in [3.8, 4) is 0 Å². The van der Waals surface area contributed by atoms with Gasteiger partial charge in [-0.2, -0.15) is 11.1 Å². The van der Waals surface area contributed by atoms with E-state index in [1.807, 2.05) is 6.55 Å². The molecule has 0 unspecified atom stereocenters. The van der Waals surface area contributed by atoms with Crippen LogP contribution in [0, 0.1) is 0 Å². The average Bonchev–Trinajstić information content (AvgIpc) is 1.46. The fraction of sp³-hybridized carbons (Fsp3) is 1.00. The van der Waals surface area contributed by atoms with Crippen LogP contribution in [0.4, 0.5) is 0 Å². The van der Waals surface area contributed by atoms with E-state index in [0.29, 0.717) is 8.83 Å². The second-order valence-corrected chi connectivity index (χ2v) is 1.70. The summed E-state index contributed by atoms with van der Waals surface area (Å²) in [7, 11) is 0.556. The van der Waals surface area contributed by atoms with Crippen molar-refractivity contribution in [1.29, 1.82) is 0 Å². The van der Waals surface area contributed by atoms with E-state index >= 15 is 0 Å². The van der Waals surface area contributed by atoms with Crippen LogP contribution >= 0.6 is 22.7 Å². The van der Waals surface area contributed by atoms with Gasteiger partial charge in [-0.1, -0.05) is 6.55 Å². The van der Waals surface area contributed by atoms with Crippen LogP contribution in [0.1, 0.15) is 0 Å². The Morgan fingerprint density at radius 3 is 1.40 bits per heavy atom. The van der Waals surface area contributed by atoms with Crippen molar-refractivity contribution in [2.24, 2.45) is 0 Å². The van der Waals surface area contributed by atoms with Gasteiger partial charge in [0.1, 0.15) is 0 Å². The largest absolute Gasteiger partial charge is 0.172 e. The molecule has 0 saturated heterocycles. The first kappa shape index (κ1) is 9.25. The molecule has 0 atom stereocenters. The quantitative estimate of drug-likeness (QED) is 0.265. The Hall–Kier alpha value is 0.797. The van der Waals surface area contributed by atoms with Crippen LogP contribution in [0.3, 0.4) is 0 Å². The fourth-order valence-electron chi connectivity index (χ4n) is 0. The molecule has 5 heavy (non-hydrogen) atoms. The minimum Gasteiger partial charge on any atom is -0.172 e. The summed E-state index contributed by atoms with van der Waals surface area (Å²) >= 11 is 9.67. The van der Waals surface area contributed by atoms with Crippen molar-refractivity contribution in [2.45, 2.75) is 6.55 Å². The normalized spacial score (nSPS) is 4.80. The molecule has 0 aliphatic rings. The van der Waals surface area contributed by atoms with Gasteiger partial charge in [-0.05, 0) is 0 Å². The highest BCUT2D eigenvalue weighted by molar-refractivity contribution is 6.92. The second-order valence-electron chi connectivity index (χ2n) is 0.189. The van der Waals surface area contributed by atoms with E-state index in [0.717, 1.165) is 0 Å². The van der Waals surface area contributed by atoms with Crippen LogP contribution in [0.15, 0.2) is 0 Å². The van der Waals surface area contributed by atoms with Crippen LogP contribution in [-0.2, 0) is 0 Å². The number of hydrogen-bond donors (Lipinski definition) is 0. The molecule has 3 heteroatoms. The van der Waals surface area contributed by atoms with Gasteiger partial charge in [0, 0.05) is 6.38 Å². The Morgan fingerprint density at radius 1 is 1.40 bits per heavy atom. The van der Waals surface area contributed by atoms with E-state index < -0.39 is 0 Å². The molecule has 0 aliphatic carbocycles. The average molecular weight is 129 g/mol. The lowest BCUT2D eigenvalue weighted by Gasteiger charge is -1.40. The van der Waals surface area contributed by atoms with Crippen molar-refractivity contribution in [3.05, 3.63) is 0 Å². The molecular formula is C2H6Cl2Si. The standard InChI is InChI=1S/CH3ClSi.CH3Cl/c1-3-2;1-2/h1H3;1H3. The molecule has 0 bridgehead atoms. The Labute approximate surface area is 45.0 Å². The summed E-state index contributed by atoms with van der Waals surface area (Å²) < 4.78 is 0. The molecule has 0 aromatic carbocycles. The summed E-state index contributed by atoms with van der Waals surface area (Å²) in [5, 5.41) is 0. The summed E-state index contributed by atoms with van der Waals surface area (Å²) in [4.78, 5) is 0. The molecule has 0 spiro atoms. The minimum absolute atomic E-state index is 0.556. The summed E-state index contributed by atoms with van der Waals surface area (Å²) in [6.45, 7) is 1.92. The summed E-state index contributed by atoms with van der Waals surface area (Å²) in [5.74, 6) is 0. The molecule has 0 amide bonds. The molecule has 32 valence electrons. The molecule has 0 aromatic heterocycles. The zero-order chi connectivity index (χ0) is 4.71. The van der Waals surface area contributed by atoms with Gasteiger partial charge in [-0.3, -0.25) is 0 Å². The smallest absolute Gasteiger partial charge is 0.168 e. The highest BCUT2D eigenvalue weighted by atomic mass is 35.6. The van der Waals surface area contributed by atoms with Crippen LogP contribution in [-0.4, -0.2) is 15.2 Å². The Bertz CT molecular complexity index is 7.61. The fourth-order valence-corrected chi connectivity index (χ4v) is 0. The lowest BCUT2D eigenvalue weighted by molar-refractivity contribution is 2.37. The van der Waals surface area contributed by atoms with Gasteiger partial charge in [0.2, 0.25) is 0 Å².